The molecule has 0 atom stereocenters. The largest absolute Gasteiger partial charge is 0.494 e. The molecular weight excluding hydrogens is 342 g/mol. The predicted octanol–water partition coefficient (Wildman–Crippen LogP) is 3.73. The molecular formula is C21H29N3O3. The summed E-state index contributed by atoms with van der Waals surface area (Å²) in [6.45, 7) is 7.61. The Kier molecular flexibility index (Phi) is 5.36. The molecule has 1 aromatic carbocycles. The van der Waals surface area contributed by atoms with E-state index in [0.717, 1.165) is 66.9 Å². The molecule has 0 spiro atoms. The van der Waals surface area contributed by atoms with Crippen LogP contribution in [0.1, 0.15) is 44.7 Å². The summed E-state index contributed by atoms with van der Waals surface area (Å²) in [7, 11) is 0. The van der Waals surface area contributed by atoms with Gasteiger partial charge in [0, 0.05) is 49.5 Å². The average Bonchev–Trinajstić information content (AvgIpc) is 2.80. The van der Waals surface area contributed by atoms with Gasteiger partial charge in [0.15, 0.2) is 0 Å². The van der Waals surface area contributed by atoms with Gasteiger partial charge in [-0.15, -0.1) is 0 Å². The maximum Gasteiger partial charge on any atom is 0.201 e. The standard InChI is InChI=1S/C21H29N3O3/c1-14(2)23-15-4-5-19-17(12-15)20(18-13-27-9-3-8-22-18)21(25)24(19)16-6-10-26-11-7-16/h4-5,12,14,16,23,25H,3,6-11,13H2,1-2H3. The van der Waals surface area contributed by atoms with Crippen molar-refractivity contribution in [3.8, 4) is 5.88 Å². The molecule has 0 saturated carbocycles. The lowest BCUT2D eigenvalue weighted by atomic mass is 10.1. The van der Waals surface area contributed by atoms with Gasteiger partial charge in [0.2, 0.25) is 5.88 Å². The van der Waals surface area contributed by atoms with E-state index in [0.29, 0.717) is 25.1 Å². The average molecular weight is 371 g/mol. The minimum Gasteiger partial charge on any atom is -0.494 e. The van der Waals surface area contributed by atoms with Crippen molar-refractivity contribution >= 4 is 22.3 Å². The highest BCUT2D eigenvalue weighted by atomic mass is 16.5. The maximum atomic E-state index is 11.2. The molecule has 2 N–H and O–H groups in total. The molecule has 6 heteroatoms. The number of hydrogen-bond donors (Lipinski definition) is 2. The minimum absolute atomic E-state index is 0.242. The number of aromatic hydroxyl groups is 1. The first-order valence-corrected chi connectivity index (χ1v) is 9.98. The zero-order valence-corrected chi connectivity index (χ0v) is 16.2. The summed E-state index contributed by atoms with van der Waals surface area (Å²) in [5.41, 5.74) is 3.78. The van der Waals surface area contributed by atoms with E-state index in [1.54, 1.807) is 0 Å². The summed E-state index contributed by atoms with van der Waals surface area (Å²) in [4.78, 5) is 4.73. The third kappa shape index (κ3) is 3.69. The Hall–Kier alpha value is -2.05. The summed E-state index contributed by atoms with van der Waals surface area (Å²) < 4.78 is 13.3. The molecule has 0 bridgehead atoms. The monoisotopic (exact) mass is 371 g/mol. The number of hydrogen-bond acceptors (Lipinski definition) is 5. The van der Waals surface area contributed by atoms with Crippen LogP contribution in [0, 0.1) is 0 Å². The Morgan fingerprint density at radius 1 is 1.19 bits per heavy atom. The smallest absolute Gasteiger partial charge is 0.201 e. The van der Waals surface area contributed by atoms with Gasteiger partial charge in [0.25, 0.3) is 0 Å². The van der Waals surface area contributed by atoms with E-state index in [4.69, 9.17) is 14.5 Å². The Morgan fingerprint density at radius 2 is 2.00 bits per heavy atom. The van der Waals surface area contributed by atoms with E-state index in [1.165, 1.54) is 0 Å². The van der Waals surface area contributed by atoms with Crippen LogP contribution in [0.5, 0.6) is 5.88 Å². The lowest BCUT2D eigenvalue weighted by molar-refractivity contribution is 0.0688. The topological polar surface area (TPSA) is 68.0 Å². The predicted molar refractivity (Wildman–Crippen MR) is 108 cm³/mol. The molecule has 0 aliphatic carbocycles. The van der Waals surface area contributed by atoms with E-state index in [-0.39, 0.29) is 6.04 Å². The molecule has 3 heterocycles. The third-order valence-corrected chi connectivity index (χ3v) is 5.27. The van der Waals surface area contributed by atoms with Crippen LogP contribution in [0.3, 0.4) is 0 Å². The second-order valence-corrected chi connectivity index (χ2v) is 7.68. The van der Waals surface area contributed by atoms with Crippen molar-refractivity contribution in [3.63, 3.8) is 0 Å². The first-order valence-electron chi connectivity index (χ1n) is 9.98. The van der Waals surface area contributed by atoms with Crippen LogP contribution < -0.4 is 5.32 Å². The van der Waals surface area contributed by atoms with Gasteiger partial charge in [-0.05, 0) is 51.3 Å². The number of anilines is 1. The van der Waals surface area contributed by atoms with Gasteiger partial charge in [-0.1, -0.05) is 0 Å². The van der Waals surface area contributed by atoms with E-state index in [1.807, 2.05) is 0 Å². The molecule has 0 unspecified atom stereocenters. The number of ether oxygens (including phenoxy) is 2. The van der Waals surface area contributed by atoms with Crippen molar-refractivity contribution in [3.05, 3.63) is 23.8 Å². The number of nitrogens with one attached hydrogen (secondary N) is 1. The Balaban J connectivity index is 1.87. The van der Waals surface area contributed by atoms with Gasteiger partial charge in [0.1, 0.15) is 0 Å². The maximum absolute atomic E-state index is 11.2. The third-order valence-electron chi connectivity index (χ3n) is 5.27. The van der Waals surface area contributed by atoms with E-state index < -0.39 is 0 Å². The molecule has 0 radical (unpaired) electrons. The molecule has 1 fully saturated rings. The molecule has 1 aromatic heterocycles. The quantitative estimate of drug-likeness (QED) is 0.859. The molecule has 2 aliphatic rings. The number of nitrogens with zero attached hydrogens (tertiary/aromatic N) is 2. The highest BCUT2D eigenvalue weighted by Crippen LogP contribution is 2.39. The van der Waals surface area contributed by atoms with Crippen molar-refractivity contribution in [1.82, 2.24) is 4.57 Å². The summed E-state index contributed by atoms with van der Waals surface area (Å²) in [5.74, 6) is 0.308. The highest BCUT2D eigenvalue weighted by molar-refractivity contribution is 6.14. The van der Waals surface area contributed by atoms with Gasteiger partial charge in [-0.3, -0.25) is 4.99 Å². The molecule has 4 rings (SSSR count). The van der Waals surface area contributed by atoms with Gasteiger partial charge in [0.05, 0.1) is 23.4 Å². The van der Waals surface area contributed by atoms with Crippen LogP contribution >= 0.6 is 0 Å². The fourth-order valence-electron chi connectivity index (χ4n) is 4.07. The van der Waals surface area contributed by atoms with Crippen LogP contribution in [-0.2, 0) is 9.47 Å². The zero-order chi connectivity index (χ0) is 18.8. The van der Waals surface area contributed by atoms with E-state index >= 15 is 0 Å². The molecule has 1 saturated heterocycles. The molecule has 2 aliphatic heterocycles. The molecule has 146 valence electrons. The van der Waals surface area contributed by atoms with Crippen molar-refractivity contribution in [2.24, 2.45) is 4.99 Å². The number of aromatic nitrogens is 1. The second-order valence-electron chi connectivity index (χ2n) is 7.68. The van der Waals surface area contributed by atoms with Crippen LogP contribution in [0.4, 0.5) is 5.69 Å². The molecule has 27 heavy (non-hydrogen) atoms. The Morgan fingerprint density at radius 3 is 2.78 bits per heavy atom. The fourth-order valence-corrected chi connectivity index (χ4v) is 4.07. The van der Waals surface area contributed by atoms with Gasteiger partial charge in [-0.25, -0.2) is 0 Å². The highest BCUT2D eigenvalue weighted by Gasteiger charge is 2.27. The fraction of sp³-hybridized carbons (Fsp3) is 0.571. The van der Waals surface area contributed by atoms with Gasteiger partial charge >= 0.3 is 0 Å². The lowest BCUT2D eigenvalue weighted by Crippen LogP contribution is -2.19. The van der Waals surface area contributed by atoms with Gasteiger partial charge in [-0.2, -0.15) is 0 Å². The number of benzene rings is 1. The van der Waals surface area contributed by atoms with Crippen molar-refractivity contribution in [2.75, 3.05) is 38.3 Å². The summed E-state index contributed by atoms with van der Waals surface area (Å²) in [6.07, 6.45) is 2.74. The normalized spacial score (nSPS) is 19.3. The summed E-state index contributed by atoms with van der Waals surface area (Å²) in [6, 6.07) is 6.92. The molecule has 2 aromatic rings. The Bertz CT molecular complexity index is 835. The van der Waals surface area contributed by atoms with Crippen LogP contribution in [0.2, 0.25) is 0 Å². The van der Waals surface area contributed by atoms with Crippen LogP contribution in [0.25, 0.3) is 10.9 Å². The molecule has 6 nitrogen and oxygen atoms in total. The summed E-state index contributed by atoms with van der Waals surface area (Å²) in [5, 5.41) is 15.7. The zero-order valence-electron chi connectivity index (χ0n) is 16.2. The number of rotatable bonds is 4. The number of aliphatic imine (C=N–C) groups is 1. The Labute approximate surface area is 160 Å². The minimum atomic E-state index is 0.242. The first kappa shape index (κ1) is 18.3. The van der Waals surface area contributed by atoms with Crippen molar-refractivity contribution in [2.45, 2.75) is 45.2 Å². The van der Waals surface area contributed by atoms with Crippen molar-refractivity contribution < 1.29 is 14.6 Å². The second kappa shape index (κ2) is 7.90. The van der Waals surface area contributed by atoms with Crippen LogP contribution in [0.15, 0.2) is 23.2 Å². The summed E-state index contributed by atoms with van der Waals surface area (Å²) >= 11 is 0. The number of fused-ring (bicyclic) bond motifs is 1. The van der Waals surface area contributed by atoms with E-state index in [2.05, 4.69) is 41.9 Å². The van der Waals surface area contributed by atoms with Crippen molar-refractivity contribution in [1.29, 1.82) is 0 Å². The first-order chi connectivity index (χ1) is 13.1. The molecule has 0 amide bonds. The van der Waals surface area contributed by atoms with E-state index in [9.17, 15) is 5.11 Å². The SMILES string of the molecule is CC(C)Nc1ccc2c(c1)c(C1=NCCCOC1)c(O)n2C1CCOCC1. The van der Waals surface area contributed by atoms with Gasteiger partial charge < -0.3 is 24.5 Å². The van der Waals surface area contributed by atoms with Crippen LogP contribution in [-0.4, -0.2) is 54.4 Å². The lowest BCUT2D eigenvalue weighted by Gasteiger charge is -2.25.